The van der Waals surface area contributed by atoms with Crippen molar-refractivity contribution >= 4 is 5.78 Å². The first-order valence-corrected chi connectivity index (χ1v) is 7.71. The molecule has 1 N–H and O–H groups in total. The van der Waals surface area contributed by atoms with Crippen LogP contribution in [-0.2, 0) is 12.8 Å². The Balaban J connectivity index is 1.69. The molecule has 1 unspecified atom stereocenters. The Kier molecular flexibility index (Phi) is 3.97. The maximum absolute atomic E-state index is 12.4. The van der Waals surface area contributed by atoms with Crippen LogP contribution in [0.4, 0.5) is 0 Å². The molecule has 2 nitrogen and oxygen atoms in total. The third-order valence-corrected chi connectivity index (χ3v) is 4.51. The normalized spacial score (nSPS) is 22.8. The highest BCUT2D eigenvalue weighted by molar-refractivity contribution is 5.96. The minimum Gasteiger partial charge on any atom is -0.314 e. The SMILES string of the molecule is O=C(CC1CCCCN1)c1ccc2c(c1)CCCC2. The zero-order valence-electron chi connectivity index (χ0n) is 11.6. The highest BCUT2D eigenvalue weighted by atomic mass is 16.1. The van der Waals surface area contributed by atoms with E-state index in [1.54, 1.807) is 0 Å². The van der Waals surface area contributed by atoms with E-state index in [4.69, 9.17) is 0 Å². The van der Waals surface area contributed by atoms with Crippen molar-refractivity contribution < 1.29 is 4.79 Å². The average Bonchev–Trinajstić information content (AvgIpc) is 2.48. The second kappa shape index (κ2) is 5.87. The molecule has 1 aromatic carbocycles. The van der Waals surface area contributed by atoms with Gasteiger partial charge in [-0.15, -0.1) is 0 Å². The predicted molar refractivity (Wildman–Crippen MR) is 77.7 cm³/mol. The average molecular weight is 257 g/mol. The van der Waals surface area contributed by atoms with Gasteiger partial charge in [-0.25, -0.2) is 0 Å². The Morgan fingerprint density at radius 1 is 1.11 bits per heavy atom. The van der Waals surface area contributed by atoms with E-state index < -0.39 is 0 Å². The first-order chi connectivity index (χ1) is 9.33. The first kappa shape index (κ1) is 12.9. The van der Waals surface area contributed by atoms with Gasteiger partial charge in [-0.05, 0) is 62.3 Å². The Morgan fingerprint density at radius 2 is 1.95 bits per heavy atom. The summed E-state index contributed by atoms with van der Waals surface area (Å²) in [7, 11) is 0. The van der Waals surface area contributed by atoms with Gasteiger partial charge in [-0.2, -0.15) is 0 Å². The molecule has 1 saturated heterocycles. The van der Waals surface area contributed by atoms with Gasteiger partial charge >= 0.3 is 0 Å². The van der Waals surface area contributed by atoms with E-state index in [-0.39, 0.29) is 0 Å². The summed E-state index contributed by atoms with van der Waals surface area (Å²) in [6.07, 6.45) is 9.24. The number of hydrogen-bond donors (Lipinski definition) is 1. The molecule has 1 aliphatic heterocycles. The molecular formula is C17H23NO. The fraction of sp³-hybridized carbons (Fsp3) is 0.588. The van der Waals surface area contributed by atoms with E-state index in [2.05, 4.69) is 17.4 Å². The van der Waals surface area contributed by atoms with Gasteiger partial charge in [0, 0.05) is 18.0 Å². The number of piperidine rings is 1. The van der Waals surface area contributed by atoms with Crippen LogP contribution in [0, 0.1) is 0 Å². The number of fused-ring (bicyclic) bond motifs is 1. The van der Waals surface area contributed by atoms with Gasteiger partial charge in [0.2, 0.25) is 0 Å². The van der Waals surface area contributed by atoms with Crippen LogP contribution in [0.3, 0.4) is 0 Å². The van der Waals surface area contributed by atoms with Crippen LogP contribution in [0.2, 0.25) is 0 Å². The molecule has 0 aromatic heterocycles. The zero-order valence-corrected chi connectivity index (χ0v) is 11.6. The Bertz CT molecular complexity index is 460. The van der Waals surface area contributed by atoms with E-state index in [0.717, 1.165) is 24.9 Å². The smallest absolute Gasteiger partial charge is 0.164 e. The van der Waals surface area contributed by atoms with Gasteiger partial charge in [0.05, 0.1) is 0 Å². The van der Waals surface area contributed by atoms with Crippen LogP contribution in [0.1, 0.15) is 60.0 Å². The maximum atomic E-state index is 12.4. The van der Waals surface area contributed by atoms with Crippen molar-refractivity contribution in [2.24, 2.45) is 0 Å². The number of nitrogens with one attached hydrogen (secondary N) is 1. The first-order valence-electron chi connectivity index (χ1n) is 7.71. The lowest BCUT2D eigenvalue weighted by Crippen LogP contribution is -2.35. The molecule has 0 radical (unpaired) electrons. The summed E-state index contributed by atoms with van der Waals surface area (Å²) >= 11 is 0. The summed E-state index contributed by atoms with van der Waals surface area (Å²) in [5.74, 6) is 0.313. The molecule has 2 heteroatoms. The highest BCUT2D eigenvalue weighted by Crippen LogP contribution is 2.23. The molecule has 102 valence electrons. The van der Waals surface area contributed by atoms with E-state index >= 15 is 0 Å². The van der Waals surface area contributed by atoms with Crippen molar-refractivity contribution in [3.8, 4) is 0 Å². The minimum absolute atomic E-state index is 0.313. The Morgan fingerprint density at radius 3 is 2.74 bits per heavy atom. The van der Waals surface area contributed by atoms with Crippen LogP contribution >= 0.6 is 0 Å². The van der Waals surface area contributed by atoms with E-state index in [1.807, 2.05) is 6.07 Å². The number of carbonyl (C=O) groups is 1. The maximum Gasteiger partial charge on any atom is 0.164 e. The molecule has 19 heavy (non-hydrogen) atoms. The summed E-state index contributed by atoms with van der Waals surface area (Å²) in [4.78, 5) is 12.4. The number of rotatable bonds is 3. The predicted octanol–water partition coefficient (Wildman–Crippen LogP) is 3.28. The second-order valence-electron chi connectivity index (χ2n) is 5.96. The second-order valence-corrected chi connectivity index (χ2v) is 5.96. The zero-order chi connectivity index (χ0) is 13.1. The van der Waals surface area contributed by atoms with Gasteiger partial charge in [0.15, 0.2) is 5.78 Å². The topological polar surface area (TPSA) is 29.1 Å². The standard InChI is InChI=1S/C17H23NO/c19-17(12-16-7-3-4-10-18-16)15-9-8-13-5-1-2-6-14(13)11-15/h8-9,11,16,18H,1-7,10,12H2. The monoisotopic (exact) mass is 257 g/mol. The number of carbonyl (C=O) groups excluding carboxylic acids is 1. The van der Waals surface area contributed by atoms with Gasteiger partial charge < -0.3 is 5.32 Å². The van der Waals surface area contributed by atoms with Crippen molar-refractivity contribution in [3.05, 3.63) is 34.9 Å². The fourth-order valence-electron chi connectivity index (χ4n) is 3.35. The van der Waals surface area contributed by atoms with Crippen LogP contribution in [0.15, 0.2) is 18.2 Å². The lowest BCUT2D eigenvalue weighted by molar-refractivity contribution is 0.0963. The third kappa shape index (κ3) is 3.06. The molecule has 3 rings (SSSR count). The molecule has 1 aromatic rings. The Hall–Kier alpha value is -1.15. The van der Waals surface area contributed by atoms with Crippen molar-refractivity contribution in [2.75, 3.05) is 6.54 Å². The summed E-state index contributed by atoms with van der Waals surface area (Å²) in [5, 5.41) is 3.46. The van der Waals surface area contributed by atoms with Crippen molar-refractivity contribution in [3.63, 3.8) is 0 Å². The molecule has 1 heterocycles. The molecular weight excluding hydrogens is 234 g/mol. The van der Waals surface area contributed by atoms with E-state index in [0.29, 0.717) is 18.2 Å². The Labute approximate surface area is 115 Å². The van der Waals surface area contributed by atoms with Crippen LogP contribution in [-0.4, -0.2) is 18.4 Å². The highest BCUT2D eigenvalue weighted by Gasteiger charge is 2.18. The van der Waals surface area contributed by atoms with Gasteiger partial charge in [0.25, 0.3) is 0 Å². The summed E-state index contributed by atoms with van der Waals surface area (Å²) < 4.78 is 0. The summed E-state index contributed by atoms with van der Waals surface area (Å²) in [6.45, 7) is 1.07. The molecule has 1 fully saturated rings. The quantitative estimate of drug-likeness (QED) is 0.842. The lowest BCUT2D eigenvalue weighted by Gasteiger charge is -2.23. The number of aryl methyl sites for hydroxylation is 2. The fourth-order valence-corrected chi connectivity index (χ4v) is 3.35. The van der Waals surface area contributed by atoms with Gasteiger partial charge in [-0.1, -0.05) is 18.6 Å². The van der Waals surface area contributed by atoms with Crippen molar-refractivity contribution in [2.45, 2.75) is 57.4 Å². The van der Waals surface area contributed by atoms with E-state index in [1.165, 1.54) is 43.2 Å². The number of ketones is 1. The molecule has 0 saturated carbocycles. The molecule has 1 atom stereocenters. The number of Topliss-reactive ketones (excluding diaryl/α,β-unsaturated/α-hetero) is 1. The molecule has 0 spiro atoms. The van der Waals surface area contributed by atoms with E-state index in [9.17, 15) is 4.79 Å². The van der Waals surface area contributed by atoms with Crippen LogP contribution in [0.5, 0.6) is 0 Å². The largest absolute Gasteiger partial charge is 0.314 e. The minimum atomic E-state index is 0.313. The summed E-state index contributed by atoms with van der Waals surface area (Å²) in [5.41, 5.74) is 3.79. The van der Waals surface area contributed by atoms with Gasteiger partial charge in [0.1, 0.15) is 0 Å². The van der Waals surface area contributed by atoms with Crippen molar-refractivity contribution in [1.82, 2.24) is 5.32 Å². The molecule has 2 aliphatic rings. The lowest BCUT2D eigenvalue weighted by atomic mass is 9.88. The van der Waals surface area contributed by atoms with Gasteiger partial charge in [-0.3, -0.25) is 4.79 Å². The number of hydrogen-bond acceptors (Lipinski definition) is 2. The summed E-state index contributed by atoms with van der Waals surface area (Å²) in [6, 6.07) is 6.77. The number of benzene rings is 1. The third-order valence-electron chi connectivity index (χ3n) is 4.51. The van der Waals surface area contributed by atoms with Crippen LogP contribution in [0.25, 0.3) is 0 Å². The molecule has 0 bridgehead atoms. The molecule has 1 aliphatic carbocycles. The van der Waals surface area contributed by atoms with Crippen LogP contribution < -0.4 is 5.32 Å². The van der Waals surface area contributed by atoms with Crippen molar-refractivity contribution in [1.29, 1.82) is 0 Å². The molecule has 0 amide bonds.